The minimum atomic E-state index is -0.777. The lowest BCUT2D eigenvalue weighted by Gasteiger charge is -2.08. The molecular formula is C13H16BrFN8O4S2. The molecule has 4 N–H and O–H groups in total. The molecule has 0 aliphatic heterocycles. The molecule has 3 aromatic rings. The Kier molecular flexibility index (Phi) is 8.62. The van der Waals surface area contributed by atoms with Gasteiger partial charge >= 0.3 is 5.76 Å². The number of hydrazine groups is 1. The third kappa shape index (κ3) is 5.78. The number of hydroxylamine groups is 1. The third-order valence-corrected chi connectivity index (χ3v) is 4.23. The van der Waals surface area contributed by atoms with E-state index in [1.165, 1.54) is 22.6 Å². The van der Waals surface area contributed by atoms with E-state index in [1.54, 1.807) is 7.05 Å². The minimum Gasteiger partial charge on any atom is -0.364 e. The van der Waals surface area contributed by atoms with Crippen LogP contribution in [-0.2, 0) is 4.28 Å². The zero-order valence-electron chi connectivity index (χ0n) is 14.8. The summed E-state index contributed by atoms with van der Waals surface area (Å²) in [6.45, 7) is 0.768. The SMILES string of the molecule is CN(N)SONCCNc1nonc1-c1noc(=O)n1-c1ccc(F)c(Br)c1.S. The summed E-state index contributed by atoms with van der Waals surface area (Å²) < 4.78 is 30.5. The molecule has 158 valence electrons. The number of rotatable bonds is 9. The number of anilines is 1. The molecule has 0 radical (unpaired) electrons. The average molecular weight is 511 g/mol. The maximum Gasteiger partial charge on any atom is 0.446 e. The highest BCUT2D eigenvalue weighted by molar-refractivity contribution is 9.10. The number of halogens is 2. The van der Waals surface area contributed by atoms with Gasteiger partial charge in [-0.05, 0) is 44.4 Å². The number of nitrogens with zero attached hydrogens (tertiary/aromatic N) is 5. The highest BCUT2D eigenvalue weighted by Crippen LogP contribution is 2.25. The summed E-state index contributed by atoms with van der Waals surface area (Å²) in [4.78, 5) is 12.1. The number of hydrogen-bond acceptors (Lipinski definition) is 12. The van der Waals surface area contributed by atoms with Crippen molar-refractivity contribution in [3.05, 3.63) is 39.0 Å². The maximum atomic E-state index is 13.5. The van der Waals surface area contributed by atoms with Gasteiger partial charge in [0.2, 0.25) is 11.6 Å². The Bertz CT molecular complexity index is 997. The fraction of sp³-hybridized carbons (Fsp3) is 0.231. The molecule has 0 saturated carbocycles. The highest BCUT2D eigenvalue weighted by Gasteiger charge is 2.23. The number of benzene rings is 1. The van der Waals surface area contributed by atoms with E-state index in [0.717, 1.165) is 16.8 Å². The van der Waals surface area contributed by atoms with Gasteiger partial charge in [0.25, 0.3) is 0 Å². The summed E-state index contributed by atoms with van der Waals surface area (Å²) >= 11 is 3.99. The Morgan fingerprint density at radius 1 is 1.38 bits per heavy atom. The number of aromatic nitrogens is 4. The summed E-state index contributed by atoms with van der Waals surface area (Å²) in [5, 5.41) is 14.2. The monoisotopic (exact) mass is 510 g/mol. The molecule has 0 aliphatic rings. The number of nitrogens with one attached hydrogen (secondary N) is 2. The third-order valence-electron chi connectivity index (χ3n) is 3.20. The summed E-state index contributed by atoms with van der Waals surface area (Å²) in [6, 6.07) is 4.01. The molecule has 0 bridgehead atoms. The maximum absolute atomic E-state index is 13.5. The fourth-order valence-corrected chi connectivity index (χ4v) is 2.68. The first-order valence-corrected chi connectivity index (χ1v) is 9.12. The first kappa shape index (κ1) is 23.3. The molecule has 1 aromatic carbocycles. The zero-order chi connectivity index (χ0) is 20.1. The van der Waals surface area contributed by atoms with E-state index >= 15 is 0 Å². The van der Waals surface area contributed by atoms with Crippen molar-refractivity contribution in [2.45, 2.75) is 0 Å². The predicted molar refractivity (Wildman–Crippen MR) is 111 cm³/mol. The Labute approximate surface area is 182 Å². The molecule has 3 rings (SSSR count). The smallest absolute Gasteiger partial charge is 0.364 e. The van der Waals surface area contributed by atoms with Crippen molar-refractivity contribution in [3.8, 4) is 17.2 Å². The van der Waals surface area contributed by atoms with Gasteiger partial charge in [0.15, 0.2) is 5.69 Å². The molecule has 0 fully saturated rings. The van der Waals surface area contributed by atoms with Crippen molar-refractivity contribution in [1.29, 1.82) is 0 Å². The van der Waals surface area contributed by atoms with Gasteiger partial charge in [-0.15, -0.1) is 0 Å². The first-order valence-electron chi connectivity index (χ1n) is 7.63. The van der Waals surface area contributed by atoms with Crippen LogP contribution in [-0.4, -0.2) is 44.6 Å². The average Bonchev–Trinajstić information content (AvgIpc) is 3.26. The van der Waals surface area contributed by atoms with E-state index in [1.807, 2.05) is 0 Å². The Morgan fingerprint density at radius 2 is 2.17 bits per heavy atom. The Morgan fingerprint density at radius 3 is 2.90 bits per heavy atom. The van der Waals surface area contributed by atoms with Gasteiger partial charge in [-0.3, -0.25) is 10.4 Å². The topological polar surface area (TPSA) is 150 Å². The molecule has 0 aliphatic carbocycles. The van der Waals surface area contributed by atoms with Gasteiger partial charge in [-0.25, -0.2) is 22.7 Å². The van der Waals surface area contributed by atoms with Crippen molar-refractivity contribution in [1.82, 2.24) is 29.9 Å². The van der Waals surface area contributed by atoms with Crippen molar-refractivity contribution in [2.24, 2.45) is 5.84 Å². The molecule has 0 atom stereocenters. The van der Waals surface area contributed by atoms with Crippen LogP contribution >= 0.6 is 41.7 Å². The van der Waals surface area contributed by atoms with Gasteiger partial charge in [0, 0.05) is 20.1 Å². The van der Waals surface area contributed by atoms with Crippen LogP contribution in [0.15, 0.2) is 36.6 Å². The molecule has 0 spiro atoms. The summed E-state index contributed by atoms with van der Waals surface area (Å²) in [7, 11) is 1.62. The second kappa shape index (κ2) is 10.7. The molecule has 29 heavy (non-hydrogen) atoms. The first-order chi connectivity index (χ1) is 13.5. The molecule has 0 saturated heterocycles. The molecular weight excluding hydrogens is 495 g/mol. The van der Waals surface area contributed by atoms with Crippen LogP contribution in [0.25, 0.3) is 17.2 Å². The highest BCUT2D eigenvalue weighted by atomic mass is 79.9. The van der Waals surface area contributed by atoms with Crippen LogP contribution in [0, 0.1) is 5.82 Å². The molecule has 0 unspecified atom stereocenters. The van der Waals surface area contributed by atoms with Crippen LogP contribution in [0.5, 0.6) is 0 Å². The summed E-state index contributed by atoms with van der Waals surface area (Å²) in [5.74, 6) is 4.38. The lowest BCUT2D eigenvalue weighted by Crippen LogP contribution is -2.25. The fourth-order valence-electron chi connectivity index (χ4n) is 2.06. The summed E-state index contributed by atoms with van der Waals surface area (Å²) in [6.07, 6.45) is 0. The molecule has 2 aromatic heterocycles. The number of hydrogen-bond donors (Lipinski definition) is 3. The van der Waals surface area contributed by atoms with E-state index < -0.39 is 11.6 Å². The normalized spacial score (nSPS) is 10.9. The zero-order valence-corrected chi connectivity index (χ0v) is 18.2. The lowest BCUT2D eigenvalue weighted by molar-refractivity contribution is 0.231. The van der Waals surface area contributed by atoms with Crippen LogP contribution in [0.2, 0.25) is 0 Å². The second-order valence-corrected chi connectivity index (χ2v) is 6.94. The van der Waals surface area contributed by atoms with Crippen LogP contribution in [0.4, 0.5) is 10.2 Å². The largest absolute Gasteiger partial charge is 0.446 e. The van der Waals surface area contributed by atoms with Crippen molar-refractivity contribution >= 4 is 47.5 Å². The van der Waals surface area contributed by atoms with Gasteiger partial charge in [-0.2, -0.15) is 23.4 Å². The standard InChI is InChI=1S/C13H14BrFN8O4S.H2S/c1-22(16)28-27-18-5-4-17-11-10(19-26-20-11)12-21-25-13(24)23(12)7-2-3-9(15)8(14)6-7;/h2-3,6,18H,4-5,16H2,1H3,(H,17,20);1H2. The van der Waals surface area contributed by atoms with Crippen LogP contribution in [0.3, 0.4) is 0 Å². The molecule has 16 heteroatoms. The van der Waals surface area contributed by atoms with Gasteiger partial charge in [-0.1, -0.05) is 5.16 Å². The van der Waals surface area contributed by atoms with Crippen molar-refractivity contribution in [2.75, 3.05) is 25.5 Å². The van der Waals surface area contributed by atoms with Crippen LogP contribution in [0.1, 0.15) is 0 Å². The van der Waals surface area contributed by atoms with Crippen LogP contribution < -0.4 is 22.4 Å². The molecule has 2 heterocycles. The van der Waals surface area contributed by atoms with Gasteiger partial charge < -0.3 is 5.32 Å². The van der Waals surface area contributed by atoms with Gasteiger partial charge in [0.1, 0.15) is 18.0 Å². The van der Waals surface area contributed by atoms with E-state index in [4.69, 9.17) is 19.3 Å². The van der Waals surface area contributed by atoms with E-state index in [-0.39, 0.29) is 35.3 Å². The molecule has 0 amide bonds. The molecule has 12 nitrogen and oxygen atoms in total. The number of nitrogens with two attached hydrogens (primary N) is 1. The van der Waals surface area contributed by atoms with E-state index in [9.17, 15) is 9.18 Å². The predicted octanol–water partition coefficient (Wildman–Crippen LogP) is 1.19. The Balaban J connectivity index is 0.00000300. The minimum absolute atomic E-state index is 0. The van der Waals surface area contributed by atoms with E-state index in [0.29, 0.717) is 18.8 Å². The van der Waals surface area contributed by atoms with Crippen molar-refractivity contribution in [3.63, 3.8) is 0 Å². The Hall–Kier alpha value is -1.95. The van der Waals surface area contributed by atoms with E-state index in [2.05, 4.69) is 42.2 Å². The second-order valence-electron chi connectivity index (χ2n) is 5.19. The lowest BCUT2D eigenvalue weighted by atomic mass is 10.3. The quantitative estimate of drug-likeness (QED) is 0.125. The van der Waals surface area contributed by atoms with Gasteiger partial charge in [0.05, 0.1) is 10.2 Å². The van der Waals surface area contributed by atoms with Crippen molar-refractivity contribution < 1.29 is 17.8 Å². The summed E-state index contributed by atoms with van der Waals surface area (Å²) in [5.41, 5.74) is 3.12.